The maximum absolute atomic E-state index is 13.8. The molecule has 0 aliphatic rings. The zero-order chi connectivity index (χ0) is 17.8. The Morgan fingerprint density at radius 3 is 2.64 bits per heavy atom. The monoisotopic (exact) mass is 339 g/mol. The lowest BCUT2D eigenvalue weighted by molar-refractivity contribution is 0.0934. The van der Waals surface area contributed by atoms with Gasteiger partial charge in [-0.3, -0.25) is 9.89 Å². The lowest BCUT2D eigenvalue weighted by Crippen LogP contribution is -2.27. The lowest BCUT2D eigenvalue weighted by Gasteiger charge is -2.14. The Morgan fingerprint density at radius 1 is 1.20 bits per heavy atom. The number of aromatic amines is 1. The van der Waals surface area contributed by atoms with Crippen LogP contribution in [0.1, 0.15) is 29.0 Å². The molecule has 3 rings (SSSR count). The van der Waals surface area contributed by atoms with Gasteiger partial charge in [-0.2, -0.15) is 5.10 Å². The molecule has 2 N–H and O–H groups in total. The number of hydrogen-bond acceptors (Lipinski definition) is 3. The molecule has 1 amide bonds. The van der Waals surface area contributed by atoms with Crippen LogP contribution in [0.15, 0.2) is 54.6 Å². The number of amides is 1. The normalized spacial score (nSPS) is 11.8. The molecule has 1 heterocycles. The van der Waals surface area contributed by atoms with E-state index in [1.54, 1.807) is 19.1 Å². The quantitative estimate of drug-likeness (QED) is 0.744. The van der Waals surface area contributed by atoms with E-state index in [1.807, 2.05) is 30.3 Å². The molecule has 0 radical (unpaired) electrons. The van der Waals surface area contributed by atoms with E-state index in [4.69, 9.17) is 4.74 Å². The van der Waals surface area contributed by atoms with Crippen LogP contribution in [-0.4, -0.2) is 23.2 Å². The van der Waals surface area contributed by atoms with Gasteiger partial charge in [0, 0.05) is 5.56 Å². The minimum absolute atomic E-state index is 0.170. The van der Waals surface area contributed by atoms with Crippen molar-refractivity contribution in [3.63, 3.8) is 0 Å². The molecule has 0 saturated carbocycles. The summed E-state index contributed by atoms with van der Waals surface area (Å²) in [5, 5.41) is 9.72. The Hall–Kier alpha value is -3.15. The molecular formula is C19H18FN3O2. The molecule has 0 aliphatic carbocycles. The van der Waals surface area contributed by atoms with Crippen LogP contribution in [-0.2, 0) is 0 Å². The minimum Gasteiger partial charge on any atom is -0.494 e. The fraction of sp³-hybridized carbons (Fsp3) is 0.158. The molecular weight excluding hydrogens is 321 g/mol. The largest absolute Gasteiger partial charge is 0.494 e. The van der Waals surface area contributed by atoms with Crippen LogP contribution < -0.4 is 10.1 Å². The second-order valence-corrected chi connectivity index (χ2v) is 5.62. The molecule has 0 unspecified atom stereocenters. The zero-order valence-electron chi connectivity index (χ0n) is 13.9. The van der Waals surface area contributed by atoms with Gasteiger partial charge in [-0.1, -0.05) is 36.4 Å². The van der Waals surface area contributed by atoms with Crippen LogP contribution in [0.25, 0.3) is 11.3 Å². The summed E-state index contributed by atoms with van der Waals surface area (Å²) >= 11 is 0. The van der Waals surface area contributed by atoms with Crippen molar-refractivity contribution in [1.29, 1.82) is 0 Å². The summed E-state index contributed by atoms with van der Waals surface area (Å²) in [4.78, 5) is 12.4. The van der Waals surface area contributed by atoms with Gasteiger partial charge in [0.05, 0.1) is 18.8 Å². The summed E-state index contributed by atoms with van der Waals surface area (Å²) in [6.45, 7) is 1.79. The van der Waals surface area contributed by atoms with Crippen molar-refractivity contribution in [2.45, 2.75) is 13.0 Å². The molecule has 0 bridgehead atoms. The molecule has 5 nitrogen and oxygen atoms in total. The Labute approximate surface area is 144 Å². The number of nitrogens with zero attached hydrogens (tertiary/aromatic N) is 1. The van der Waals surface area contributed by atoms with Crippen molar-refractivity contribution in [2.75, 3.05) is 7.11 Å². The minimum atomic E-state index is -0.464. The van der Waals surface area contributed by atoms with E-state index in [1.165, 1.54) is 19.2 Å². The van der Waals surface area contributed by atoms with Gasteiger partial charge < -0.3 is 10.1 Å². The van der Waals surface area contributed by atoms with Crippen molar-refractivity contribution < 1.29 is 13.9 Å². The second kappa shape index (κ2) is 7.17. The molecule has 0 saturated heterocycles. The third-order valence-electron chi connectivity index (χ3n) is 3.92. The average Bonchev–Trinajstić information content (AvgIpc) is 3.12. The van der Waals surface area contributed by atoms with Crippen LogP contribution in [0.2, 0.25) is 0 Å². The topological polar surface area (TPSA) is 67.0 Å². The number of H-pyrrole nitrogens is 1. The third kappa shape index (κ3) is 3.68. The van der Waals surface area contributed by atoms with E-state index in [0.717, 1.165) is 5.56 Å². The fourth-order valence-corrected chi connectivity index (χ4v) is 2.50. The van der Waals surface area contributed by atoms with E-state index in [9.17, 15) is 9.18 Å². The molecule has 25 heavy (non-hydrogen) atoms. The van der Waals surface area contributed by atoms with Gasteiger partial charge in [0.25, 0.3) is 5.91 Å². The highest BCUT2D eigenvalue weighted by atomic mass is 19.1. The van der Waals surface area contributed by atoms with Crippen molar-refractivity contribution in [3.05, 3.63) is 71.7 Å². The highest BCUT2D eigenvalue weighted by Gasteiger charge is 2.16. The number of benzene rings is 2. The van der Waals surface area contributed by atoms with Crippen molar-refractivity contribution in [1.82, 2.24) is 15.5 Å². The maximum Gasteiger partial charge on any atom is 0.269 e. The molecule has 0 aliphatic heterocycles. The first-order chi connectivity index (χ1) is 12.1. The van der Waals surface area contributed by atoms with Crippen LogP contribution >= 0.6 is 0 Å². The fourth-order valence-electron chi connectivity index (χ4n) is 2.50. The van der Waals surface area contributed by atoms with Gasteiger partial charge >= 0.3 is 0 Å². The van der Waals surface area contributed by atoms with Crippen LogP contribution in [0, 0.1) is 5.82 Å². The van der Waals surface area contributed by atoms with E-state index in [2.05, 4.69) is 15.5 Å². The Bertz CT molecular complexity index is 877. The Kier molecular flexibility index (Phi) is 4.79. The summed E-state index contributed by atoms with van der Waals surface area (Å²) in [6, 6.07) is 15.5. The molecule has 1 aromatic heterocycles. The predicted molar refractivity (Wildman–Crippen MR) is 92.9 cm³/mol. The van der Waals surface area contributed by atoms with Gasteiger partial charge in [-0.25, -0.2) is 4.39 Å². The number of carbonyl (C=O) groups excluding carboxylic acids is 1. The summed E-state index contributed by atoms with van der Waals surface area (Å²) in [5.74, 6) is -0.601. The van der Waals surface area contributed by atoms with E-state index >= 15 is 0 Å². The van der Waals surface area contributed by atoms with Crippen LogP contribution in [0.3, 0.4) is 0 Å². The highest BCUT2D eigenvalue weighted by molar-refractivity contribution is 5.93. The maximum atomic E-state index is 13.8. The standard InChI is InChI=1S/C19H18FN3O2/c1-12(14-8-9-18(25-2)15(20)10-14)21-19(24)17-11-16(22-23-17)13-6-4-3-5-7-13/h3-12H,1-2H3,(H,21,24)(H,22,23)/t12-/m0/s1. The lowest BCUT2D eigenvalue weighted by atomic mass is 10.1. The highest BCUT2D eigenvalue weighted by Crippen LogP contribution is 2.22. The predicted octanol–water partition coefficient (Wildman–Crippen LogP) is 3.72. The van der Waals surface area contributed by atoms with Gasteiger partial charge in [-0.05, 0) is 30.7 Å². The molecule has 1 atom stereocenters. The number of rotatable bonds is 5. The molecule has 3 aromatic rings. The SMILES string of the molecule is COc1ccc([C@H](C)NC(=O)c2cc(-c3ccccc3)n[nH]2)cc1F. The summed E-state index contributed by atoms with van der Waals surface area (Å²) in [6.07, 6.45) is 0. The first-order valence-corrected chi connectivity index (χ1v) is 7.83. The summed E-state index contributed by atoms with van der Waals surface area (Å²) in [5.41, 5.74) is 2.60. The van der Waals surface area contributed by atoms with Crippen LogP contribution in [0.4, 0.5) is 4.39 Å². The number of hydrogen-bond donors (Lipinski definition) is 2. The number of halogens is 1. The molecule has 128 valence electrons. The number of aromatic nitrogens is 2. The van der Waals surface area contributed by atoms with E-state index in [-0.39, 0.29) is 17.7 Å². The van der Waals surface area contributed by atoms with Crippen molar-refractivity contribution in [2.24, 2.45) is 0 Å². The number of nitrogens with one attached hydrogen (secondary N) is 2. The summed E-state index contributed by atoms with van der Waals surface area (Å²) < 4.78 is 18.7. The van der Waals surface area contributed by atoms with Crippen molar-refractivity contribution >= 4 is 5.91 Å². The smallest absolute Gasteiger partial charge is 0.269 e. The van der Waals surface area contributed by atoms with E-state index < -0.39 is 5.82 Å². The average molecular weight is 339 g/mol. The van der Waals surface area contributed by atoms with Gasteiger partial charge in [0.1, 0.15) is 5.69 Å². The number of ether oxygens (including phenoxy) is 1. The van der Waals surface area contributed by atoms with Gasteiger partial charge in [0.2, 0.25) is 0 Å². The number of carbonyl (C=O) groups is 1. The zero-order valence-corrected chi connectivity index (χ0v) is 13.9. The summed E-state index contributed by atoms with van der Waals surface area (Å²) in [7, 11) is 1.41. The second-order valence-electron chi connectivity index (χ2n) is 5.62. The molecule has 0 fully saturated rings. The van der Waals surface area contributed by atoms with Gasteiger partial charge in [0.15, 0.2) is 11.6 Å². The molecule has 0 spiro atoms. The number of methoxy groups -OCH3 is 1. The Morgan fingerprint density at radius 2 is 1.96 bits per heavy atom. The van der Waals surface area contributed by atoms with Crippen molar-refractivity contribution in [3.8, 4) is 17.0 Å². The third-order valence-corrected chi connectivity index (χ3v) is 3.92. The molecule has 2 aromatic carbocycles. The Balaban J connectivity index is 1.72. The van der Waals surface area contributed by atoms with Crippen LogP contribution in [0.5, 0.6) is 5.75 Å². The first kappa shape index (κ1) is 16.7. The van der Waals surface area contributed by atoms with E-state index in [0.29, 0.717) is 17.0 Å². The van der Waals surface area contributed by atoms with Gasteiger partial charge in [-0.15, -0.1) is 0 Å². The first-order valence-electron chi connectivity index (χ1n) is 7.83. The molecule has 6 heteroatoms.